The van der Waals surface area contributed by atoms with Gasteiger partial charge in [-0.05, 0) is 51.4 Å². The Labute approximate surface area is 75.4 Å². The summed E-state index contributed by atoms with van der Waals surface area (Å²) in [4.78, 5) is 0. The normalized spacial score (nSPS) is 27.8. The van der Waals surface area contributed by atoms with Gasteiger partial charge in [0.05, 0.1) is 0 Å². The van der Waals surface area contributed by atoms with Gasteiger partial charge < -0.3 is 10.6 Å². The molecule has 70 valence electrons. The number of rotatable bonds is 6. The second kappa shape index (κ2) is 5.20. The van der Waals surface area contributed by atoms with E-state index in [9.17, 15) is 0 Å². The van der Waals surface area contributed by atoms with Crippen LogP contribution in [0.5, 0.6) is 0 Å². The van der Waals surface area contributed by atoms with Crippen molar-refractivity contribution in [1.82, 2.24) is 10.6 Å². The molecule has 0 aliphatic heterocycles. The molecule has 12 heavy (non-hydrogen) atoms. The highest BCUT2D eigenvalue weighted by atomic mass is 14.9. The fourth-order valence-corrected chi connectivity index (χ4v) is 1.84. The molecule has 2 heteroatoms. The molecule has 0 unspecified atom stereocenters. The molecule has 1 saturated carbocycles. The molecule has 0 atom stereocenters. The van der Waals surface area contributed by atoms with Crippen molar-refractivity contribution in [2.75, 3.05) is 13.6 Å². The maximum Gasteiger partial charge on any atom is 0.0260 e. The van der Waals surface area contributed by atoms with Crippen molar-refractivity contribution in [3.8, 4) is 0 Å². The van der Waals surface area contributed by atoms with Gasteiger partial charge in [0.2, 0.25) is 0 Å². The Bertz CT molecular complexity index is 128. The van der Waals surface area contributed by atoms with Gasteiger partial charge >= 0.3 is 0 Å². The van der Waals surface area contributed by atoms with Gasteiger partial charge in [-0.15, -0.1) is 0 Å². The van der Waals surface area contributed by atoms with E-state index in [1.165, 1.54) is 25.7 Å². The van der Waals surface area contributed by atoms with Crippen LogP contribution >= 0.6 is 0 Å². The van der Waals surface area contributed by atoms with Crippen molar-refractivity contribution in [3.05, 3.63) is 12.8 Å². The van der Waals surface area contributed by atoms with Crippen LogP contribution in [0, 0.1) is 5.92 Å². The first-order valence-corrected chi connectivity index (χ1v) is 4.88. The molecule has 2 N–H and O–H groups in total. The molecule has 2 nitrogen and oxygen atoms in total. The van der Waals surface area contributed by atoms with Gasteiger partial charge in [-0.3, -0.25) is 0 Å². The highest BCUT2D eigenvalue weighted by Gasteiger charge is 2.26. The highest BCUT2D eigenvalue weighted by molar-refractivity contribution is 4.87. The van der Waals surface area contributed by atoms with E-state index in [0.29, 0.717) is 0 Å². The molecule has 0 radical (unpaired) electrons. The van der Waals surface area contributed by atoms with Crippen molar-refractivity contribution in [2.24, 2.45) is 5.92 Å². The predicted molar refractivity (Wildman–Crippen MR) is 53.0 cm³/mol. The van der Waals surface area contributed by atoms with Crippen LogP contribution in [0.2, 0.25) is 0 Å². The molecule has 0 aromatic carbocycles. The molecule has 0 saturated heterocycles. The summed E-state index contributed by atoms with van der Waals surface area (Å²) in [5.41, 5.74) is 0. The summed E-state index contributed by atoms with van der Waals surface area (Å²) in [6.45, 7) is 4.82. The summed E-state index contributed by atoms with van der Waals surface area (Å²) < 4.78 is 0. The van der Waals surface area contributed by atoms with Crippen LogP contribution in [0.4, 0.5) is 0 Å². The minimum Gasteiger partial charge on any atom is -0.389 e. The van der Waals surface area contributed by atoms with Crippen LogP contribution in [0.1, 0.15) is 25.7 Å². The lowest BCUT2D eigenvalue weighted by molar-refractivity contribution is 0.222. The van der Waals surface area contributed by atoms with E-state index in [-0.39, 0.29) is 0 Å². The molecule has 0 aromatic rings. The van der Waals surface area contributed by atoms with Crippen LogP contribution < -0.4 is 10.6 Å². The van der Waals surface area contributed by atoms with Gasteiger partial charge in [0.15, 0.2) is 0 Å². The van der Waals surface area contributed by atoms with Gasteiger partial charge in [-0.1, -0.05) is 6.58 Å². The van der Waals surface area contributed by atoms with Crippen LogP contribution in [0.3, 0.4) is 0 Å². The number of hydrogen-bond acceptors (Lipinski definition) is 2. The second-order valence-corrected chi connectivity index (χ2v) is 3.65. The van der Waals surface area contributed by atoms with E-state index in [4.69, 9.17) is 0 Å². The fraction of sp³-hybridized carbons (Fsp3) is 0.800. The summed E-state index contributed by atoms with van der Waals surface area (Å²) in [6.07, 6.45) is 7.21. The Morgan fingerprint density at radius 2 is 2.25 bits per heavy atom. The summed E-state index contributed by atoms with van der Waals surface area (Å²) >= 11 is 0. The first kappa shape index (κ1) is 9.59. The van der Waals surface area contributed by atoms with E-state index in [0.717, 1.165) is 18.5 Å². The van der Waals surface area contributed by atoms with Crippen LogP contribution in [-0.2, 0) is 0 Å². The Hall–Kier alpha value is -0.500. The Morgan fingerprint density at radius 1 is 1.50 bits per heavy atom. The smallest absolute Gasteiger partial charge is 0.0260 e. The third-order valence-corrected chi connectivity index (χ3v) is 2.63. The third-order valence-electron chi connectivity index (χ3n) is 2.63. The van der Waals surface area contributed by atoms with Crippen molar-refractivity contribution in [1.29, 1.82) is 0 Å². The van der Waals surface area contributed by atoms with E-state index in [2.05, 4.69) is 17.2 Å². The molecule has 0 heterocycles. The predicted octanol–water partition coefficient (Wildman–Crippen LogP) is 1.50. The van der Waals surface area contributed by atoms with Crippen molar-refractivity contribution >= 4 is 0 Å². The van der Waals surface area contributed by atoms with Crippen molar-refractivity contribution in [3.63, 3.8) is 0 Å². The summed E-state index contributed by atoms with van der Waals surface area (Å²) in [7, 11) is 2.02. The van der Waals surface area contributed by atoms with Gasteiger partial charge in [-0.25, -0.2) is 0 Å². The molecule has 0 aromatic heterocycles. The molecule has 1 aliphatic carbocycles. The van der Waals surface area contributed by atoms with Crippen LogP contribution in [0.25, 0.3) is 0 Å². The Morgan fingerprint density at radius 3 is 2.83 bits per heavy atom. The number of hydrogen-bond donors (Lipinski definition) is 2. The van der Waals surface area contributed by atoms with E-state index < -0.39 is 0 Å². The first-order chi connectivity index (χ1) is 5.86. The van der Waals surface area contributed by atoms with Crippen molar-refractivity contribution < 1.29 is 0 Å². The van der Waals surface area contributed by atoms with Gasteiger partial charge in [0, 0.05) is 6.04 Å². The van der Waals surface area contributed by atoms with Gasteiger partial charge in [0.25, 0.3) is 0 Å². The molecule has 1 fully saturated rings. The molecule has 0 spiro atoms. The zero-order valence-corrected chi connectivity index (χ0v) is 7.97. The second-order valence-electron chi connectivity index (χ2n) is 3.65. The van der Waals surface area contributed by atoms with Crippen molar-refractivity contribution in [2.45, 2.75) is 31.7 Å². The number of nitrogens with one attached hydrogen (secondary N) is 2. The quantitative estimate of drug-likeness (QED) is 0.587. The molecule has 1 rings (SSSR count). The van der Waals surface area contributed by atoms with Crippen LogP contribution in [-0.4, -0.2) is 19.6 Å². The zero-order chi connectivity index (χ0) is 8.81. The van der Waals surface area contributed by atoms with E-state index in [1.54, 1.807) is 0 Å². The lowest BCUT2D eigenvalue weighted by Crippen LogP contribution is -2.38. The lowest BCUT2D eigenvalue weighted by Gasteiger charge is -2.35. The average molecular weight is 168 g/mol. The van der Waals surface area contributed by atoms with Crippen LogP contribution in [0.15, 0.2) is 12.8 Å². The standard InChI is InChI=1S/C10H20N2/c1-3-12-10-7-9(8-10)5-4-6-11-2/h3,9-12H,1,4-8H2,2H3. The topological polar surface area (TPSA) is 24.1 Å². The van der Waals surface area contributed by atoms with Gasteiger partial charge in [-0.2, -0.15) is 0 Å². The fourth-order valence-electron chi connectivity index (χ4n) is 1.84. The van der Waals surface area contributed by atoms with E-state index in [1.807, 2.05) is 13.2 Å². The lowest BCUT2D eigenvalue weighted by atomic mass is 9.77. The SMILES string of the molecule is C=CNC1CC(CCCNC)C1. The minimum absolute atomic E-state index is 0.724. The monoisotopic (exact) mass is 168 g/mol. The average Bonchev–Trinajstić information content (AvgIpc) is 2.00. The molecule has 0 bridgehead atoms. The largest absolute Gasteiger partial charge is 0.389 e. The summed E-state index contributed by atoms with van der Waals surface area (Å²) in [6, 6.07) is 0.724. The summed E-state index contributed by atoms with van der Waals surface area (Å²) in [5.74, 6) is 0.968. The maximum atomic E-state index is 3.66. The highest BCUT2D eigenvalue weighted by Crippen LogP contribution is 2.30. The third kappa shape index (κ3) is 2.86. The van der Waals surface area contributed by atoms with E-state index >= 15 is 0 Å². The minimum atomic E-state index is 0.724. The maximum absolute atomic E-state index is 3.66. The molecule has 1 aliphatic rings. The zero-order valence-electron chi connectivity index (χ0n) is 7.97. The molecular weight excluding hydrogens is 148 g/mol. The first-order valence-electron chi connectivity index (χ1n) is 4.88. The molecule has 0 amide bonds. The summed E-state index contributed by atoms with van der Waals surface area (Å²) in [5, 5.41) is 6.43. The Kier molecular flexibility index (Phi) is 4.15. The van der Waals surface area contributed by atoms with Gasteiger partial charge in [0.1, 0.15) is 0 Å². The Balaban J connectivity index is 1.91. The molecular formula is C10H20N2.